The molecule has 21 heavy (non-hydrogen) atoms. The van der Waals surface area contributed by atoms with Crippen molar-refractivity contribution in [2.75, 3.05) is 13.7 Å². The van der Waals surface area contributed by atoms with E-state index in [1.165, 1.54) is 11.1 Å². The number of rotatable bonds is 5. The van der Waals surface area contributed by atoms with E-state index in [4.69, 9.17) is 15.3 Å². The molecule has 1 aliphatic heterocycles. The number of hydrazine groups is 1. The number of nitrogens with two attached hydrogens (primary N) is 1. The first kappa shape index (κ1) is 13.9. The zero-order valence-corrected chi connectivity index (χ0v) is 12.1. The lowest BCUT2D eigenvalue weighted by Gasteiger charge is -2.19. The first-order valence-electron chi connectivity index (χ1n) is 7.15. The quantitative estimate of drug-likeness (QED) is 0.654. The Hall–Kier alpha value is -2.04. The molecule has 1 atom stereocenters. The molecule has 3 N–H and O–H groups in total. The lowest BCUT2D eigenvalue weighted by molar-refractivity contribution is 0.348. The van der Waals surface area contributed by atoms with Crippen LogP contribution in [0.5, 0.6) is 11.5 Å². The van der Waals surface area contributed by atoms with Gasteiger partial charge in [-0.1, -0.05) is 30.3 Å². The average Bonchev–Trinajstić information content (AvgIpc) is 3.01. The topological polar surface area (TPSA) is 56.5 Å². The van der Waals surface area contributed by atoms with Gasteiger partial charge in [0.2, 0.25) is 0 Å². The van der Waals surface area contributed by atoms with Crippen molar-refractivity contribution < 1.29 is 9.47 Å². The van der Waals surface area contributed by atoms with Crippen molar-refractivity contribution in [3.8, 4) is 11.5 Å². The van der Waals surface area contributed by atoms with Gasteiger partial charge in [-0.3, -0.25) is 11.3 Å². The summed E-state index contributed by atoms with van der Waals surface area (Å²) in [7, 11) is 1.68. The zero-order chi connectivity index (χ0) is 14.7. The Kier molecular flexibility index (Phi) is 4.08. The zero-order valence-electron chi connectivity index (χ0n) is 12.1. The van der Waals surface area contributed by atoms with E-state index < -0.39 is 0 Å². The van der Waals surface area contributed by atoms with Gasteiger partial charge >= 0.3 is 0 Å². The molecule has 4 nitrogen and oxygen atoms in total. The van der Waals surface area contributed by atoms with Gasteiger partial charge in [-0.25, -0.2) is 0 Å². The van der Waals surface area contributed by atoms with Gasteiger partial charge in [0.05, 0.1) is 19.8 Å². The Labute approximate surface area is 124 Å². The summed E-state index contributed by atoms with van der Waals surface area (Å²) in [6, 6.07) is 14.3. The highest BCUT2D eigenvalue weighted by atomic mass is 16.5. The van der Waals surface area contributed by atoms with Gasteiger partial charge in [0, 0.05) is 12.0 Å². The van der Waals surface area contributed by atoms with E-state index in [9.17, 15) is 0 Å². The van der Waals surface area contributed by atoms with E-state index in [1.54, 1.807) is 7.11 Å². The molecule has 0 fully saturated rings. The van der Waals surface area contributed by atoms with E-state index in [0.717, 1.165) is 36.5 Å². The summed E-state index contributed by atoms with van der Waals surface area (Å²) >= 11 is 0. The Morgan fingerprint density at radius 3 is 2.95 bits per heavy atom. The standard InChI is InChI=1S/C17H20N2O2/c1-20-14-6-2-4-12(10-14)11-16(19-18)15-7-3-5-13-8-9-21-17(13)15/h2-7,10,16,19H,8-9,11,18H2,1H3. The van der Waals surface area contributed by atoms with Crippen LogP contribution in [-0.2, 0) is 12.8 Å². The van der Waals surface area contributed by atoms with Crippen LogP contribution in [0.4, 0.5) is 0 Å². The number of para-hydroxylation sites is 1. The molecule has 3 rings (SSSR count). The molecule has 1 unspecified atom stereocenters. The predicted molar refractivity (Wildman–Crippen MR) is 82.4 cm³/mol. The third-order valence-electron chi connectivity index (χ3n) is 3.90. The van der Waals surface area contributed by atoms with Gasteiger partial charge in [-0.15, -0.1) is 0 Å². The highest BCUT2D eigenvalue weighted by Gasteiger charge is 2.21. The molecule has 0 saturated carbocycles. The van der Waals surface area contributed by atoms with Crippen molar-refractivity contribution in [2.45, 2.75) is 18.9 Å². The average molecular weight is 284 g/mol. The number of hydrogen-bond acceptors (Lipinski definition) is 4. The lowest BCUT2D eigenvalue weighted by Crippen LogP contribution is -2.29. The molecule has 2 aromatic rings. The van der Waals surface area contributed by atoms with E-state index in [1.807, 2.05) is 18.2 Å². The molecule has 1 aliphatic rings. The highest BCUT2D eigenvalue weighted by molar-refractivity contribution is 5.46. The molecular formula is C17H20N2O2. The Bertz CT molecular complexity index is 628. The van der Waals surface area contributed by atoms with Crippen molar-refractivity contribution in [3.05, 3.63) is 59.2 Å². The maximum atomic E-state index is 5.78. The van der Waals surface area contributed by atoms with Crippen molar-refractivity contribution in [1.82, 2.24) is 5.43 Å². The lowest BCUT2D eigenvalue weighted by atomic mass is 9.96. The van der Waals surface area contributed by atoms with E-state index in [0.29, 0.717) is 0 Å². The molecule has 110 valence electrons. The first-order valence-corrected chi connectivity index (χ1v) is 7.15. The number of benzene rings is 2. The van der Waals surface area contributed by atoms with Gasteiger partial charge in [0.25, 0.3) is 0 Å². The van der Waals surface area contributed by atoms with Gasteiger partial charge in [0.1, 0.15) is 11.5 Å². The maximum Gasteiger partial charge on any atom is 0.127 e. The molecule has 0 amide bonds. The molecule has 2 aromatic carbocycles. The molecule has 0 aromatic heterocycles. The Balaban J connectivity index is 1.87. The minimum absolute atomic E-state index is 0.0187. The first-order chi connectivity index (χ1) is 10.3. The summed E-state index contributed by atoms with van der Waals surface area (Å²) < 4.78 is 11.0. The van der Waals surface area contributed by atoms with Crippen molar-refractivity contribution in [1.29, 1.82) is 0 Å². The summed E-state index contributed by atoms with van der Waals surface area (Å²) in [6.07, 6.45) is 1.76. The fraction of sp³-hybridized carbons (Fsp3) is 0.294. The van der Waals surface area contributed by atoms with Gasteiger partial charge in [-0.2, -0.15) is 0 Å². The summed E-state index contributed by atoms with van der Waals surface area (Å²) in [5, 5.41) is 0. The summed E-state index contributed by atoms with van der Waals surface area (Å²) in [6.45, 7) is 0.753. The van der Waals surface area contributed by atoms with E-state index >= 15 is 0 Å². The minimum Gasteiger partial charge on any atom is -0.497 e. The monoisotopic (exact) mass is 284 g/mol. The minimum atomic E-state index is 0.0187. The second-order valence-electron chi connectivity index (χ2n) is 5.21. The predicted octanol–water partition coefficient (Wildman–Crippen LogP) is 2.38. The summed E-state index contributed by atoms with van der Waals surface area (Å²) in [5.41, 5.74) is 6.47. The maximum absolute atomic E-state index is 5.78. The van der Waals surface area contributed by atoms with Crippen LogP contribution in [0.25, 0.3) is 0 Å². The molecule has 0 spiro atoms. The normalized spacial score (nSPS) is 14.4. The number of ether oxygens (including phenoxy) is 2. The van der Waals surface area contributed by atoms with Crippen LogP contribution in [0.2, 0.25) is 0 Å². The van der Waals surface area contributed by atoms with Gasteiger partial charge < -0.3 is 9.47 Å². The second-order valence-corrected chi connectivity index (χ2v) is 5.21. The fourth-order valence-corrected chi connectivity index (χ4v) is 2.81. The van der Waals surface area contributed by atoms with Crippen LogP contribution < -0.4 is 20.7 Å². The Morgan fingerprint density at radius 2 is 2.14 bits per heavy atom. The van der Waals surface area contributed by atoms with Gasteiger partial charge in [0.15, 0.2) is 0 Å². The number of methoxy groups -OCH3 is 1. The van der Waals surface area contributed by atoms with E-state index in [2.05, 4.69) is 29.7 Å². The highest BCUT2D eigenvalue weighted by Crippen LogP contribution is 2.34. The SMILES string of the molecule is COc1cccc(CC(NN)c2cccc3c2OCC3)c1. The van der Waals surface area contributed by atoms with Crippen molar-refractivity contribution in [3.63, 3.8) is 0 Å². The van der Waals surface area contributed by atoms with Crippen LogP contribution in [0.3, 0.4) is 0 Å². The van der Waals surface area contributed by atoms with Crippen LogP contribution in [0.15, 0.2) is 42.5 Å². The van der Waals surface area contributed by atoms with Crippen LogP contribution in [0.1, 0.15) is 22.7 Å². The molecule has 0 bridgehead atoms. The largest absolute Gasteiger partial charge is 0.497 e. The van der Waals surface area contributed by atoms with Crippen LogP contribution in [0, 0.1) is 0 Å². The number of hydrogen-bond donors (Lipinski definition) is 2. The van der Waals surface area contributed by atoms with Crippen LogP contribution >= 0.6 is 0 Å². The summed E-state index contributed by atoms with van der Waals surface area (Å²) in [4.78, 5) is 0. The fourth-order valence-electron chi connectivity index (χ4n) is 2.81. The van der Waals surface area contributed by atoms with Crippen molar-refractivity contribution >= 4 is 0 Å². The van der Waals surface area contributed by atoms with E-state index in [-0.39, 0.29) is 6.04 Å². The molecule has 0 radical (unpaired) electrons. The number of fused-ring (bicyclic) bond motifs is 1. The smallest absolute Gasteiger partial charge is 0.127 e. The molecule has 0 aliphatic carbocycles. The molecular weight excluding hydrogens is 264 g/mol. The van der Waals surface area contributed by atoms with Gasteiger partial charge in [-0.05, 0) is 29.7 Å². The van der Waals surface area contributed by atoms with Crippen LogP contribution in [-0.4, -0.2) is 13.7 Å². The summed E-state index contributed by atoms with van der Waals surface area (Å²) in [5.74, 6) is 7.63. The number of nitrogens with one attached hydrogen (secondary N) is 1. The third kappa shape index (κ3) is 2.86. The molecule has 0 saturated heterocycles. The second kappa shape index (κ2) is 6.16. The molecule has 4 heteroatoms. The Morgan fingerprint density at radius 1 is 1.29 bits per heavy atom. The van der Waals surface area contributed by atoms with Crippen molar-refractivity contribution in [2.24, 2.45) is 5.84 Å². The third-order valence-corrected chi connectivity index (χ3v) is 3.90. The molecule has 1 heterocycles.